The van der Waals surface area contributed by atoms with Crippen molar-refractivity contribution in [3.05, 3.63) is 69.7 Å². The summed E-state index contributed by atoms with van der Waals surface area (Å²) in [5.41, 5.74) is 2.21. The molecule has 0 saturated heterocycles. The number of carbonyl (C=O) groups is 1. The van der Waals surface area contributed by atoms with Crippen LogP contribution < -0.4 is 5.32 Å². The van der Waals surface area contributed by atoms with E-state index in [4.69, 9.17) is 23.2 Å². The first-order valence-corrected chi connectivity index (χ1v) is 9.14. The van der Waals surface area contributed by atoms with Crippen LogP contribution in [-0.2, 0) is 11.2 Å². The van der Waals surface area contributed by atoms with Gasteiger partial charge in [-0.3, -0.25) is 4.79 Å². The fourth-order valence-electron chi connectivity index (χ4n) is 2.77. The molecule has 2 aromatic carbocycles. The maximum Gasteiger partial charge on any atom is 0.249 e. The van der Waals surface area contributed by atoms with Gasteiger partial charge < -0.3 is 10.4 Å². The Morgan fingerprint density at radius 2 is 1.56 bits per heavy atom. The van der Waals surface area contributed by atoms with Gasteiger partial charge in [0.1, 0.15) is 6.10 Å². The molecule has 0 aliphatic carbocycles. The highest BCUT2D eigenvalue weighted by atomic mass is 35.5. The number of aliphatic hydroxyl groups excluding tert-OH is 1. The van der Waals surface area contributed by atoms with Crippen molar-refractivity contribution < 1.29 is 9.90 Å². The first-order valence-electron chi connectivity index (χ1n) is 8.39. The van der Waals surface area contributed by atoms with E-state index >= 15 is 0 Å². The van der Waals surface area contributed by atoms with Crippen molar-refractivity contribution in [1.29, 1.82) is 0 Å². The van der Waals surface area contributed by atoms with Crippen molar-refractivity contribution in [2.45, 2.75) is 44.8 Å². The Balaban J connectivity index is 2.23. The maximum atomic E-state index is 12.1. The summed E-state index contributed by atoms with van der Waals surface area (Å²) in [5, 5.41) is 14.0. The van der Waals surface area contributed by atoms with Gasteiger partial charge in [-0.15, -0.1) is 0 Å². The van der Waals surface area contributed by atoms with Crippen LogP contribution in [0.2, 0.25) is 10.0 Å². The number of nitrogens with one attached hydrogen (secondary N) is 1. The number of amides is 1. The molecule has 3 unspecified atom stereocenters. The molecule has 2 aromatic rings. The summed E-state index contributed by atoms with van der Waals surface area (Å²) in [7, 11) is 0. The Kier molecular flexibility index (Phi) is 7.30. The average molecular weight is 380 g/mol. The van der Waals surface area contributed by atoms with Crippen LogP contribution in [0.3, 0.4) is 0 Å². The van der Waals surface area contributed by atoms with E-state index in [0.717, 1.165) is 17.5 Å². The van der Waals surface area contributed by atoms with Crippen molar-refractivity contribution in [3.8, 4) is 0 Å². The van der Waals surface area contributed by atoms with Gasteiger partial charge >= 0.3 is 0 Å². The fourth-order valence-corrected chi connectivity index (χ4v) is 3.03. The van der Waals surface area contributed by atoms with Gasteiger partial charge in [0.05, 0.1) is 0 Å². The fraction of sp³-hybridized carbons (Fsp3) is 0.350. The predicted molar refractivity (Wildman–Crippen MR) is 103 cm³/mol. The summed E-state index contributed by atoms with van der Waals surface area (Å²) < 4.78 is 0. The van der Waals surface area contributed by atoms with Gasteiger partial charge in [0, 0.05) is 22.0 Å². The summed E-state index contributed by atoms with van der Waals surface area (Å²) >= 11 is 12.0. The van der Waals surface area contributed by atoms with Crippen LogP contribution in [0.5, 0.6) is 0 Å². The molecular formula is C20H23Cl2NO2. The molecule has 0 aliphatic heterocycles. The lowest BCUT2D eigenvalue weighted by Gasteiger charge is -2.26. The Bertz CT molecular complexity index is 686. The zero-order chi connectivity index (χ0) is 18.4. The highest BCUT2D eigenvalue weighted by molar-refractivity contribution is 6.30. The Morgan fingerprint density at radius 3 is 2.08 bits per heavy atom. The lowest BCUT2D eigenvalue weighted by atomic mass is 9.86. The molecule has 0 fully saturated rings. The molecule has 0 radical (unpaired) electrons. The monoisotopic (exact) mass is 379 g/mol. The minimum atomic E-state index is -0.983. The number of hydrogen-bond acceptors (Lipinski definition) is 2. The van der Waals surface area contributed by atoms with Gasteiger partial charge in [-0.25, -0.2) is 0 Å². The topological polar surface area (TPSA) is 49.3 Å². The first kappa shape index (κ1) is 19.8. The quantitative estimate of drug-likeness (QED) is 0.738. The molecular weight excluding hydrogens is 357 g/mol. The third-order valence-electron chi connectivity index (χ3n) is 4.33. The number of aliphatic hydroxyl groups is 1. The summed E-state index contributed by atoms with van der Waals surface area (Å²) in [6, 6.07) is 15.2. The molecule has 2 N–H and O–H groups in total. The highest BCUT2D eigenvalue weighted by Gasteiger charge is 2.23. The third-order valence-corrected chi connectivity index (χ3v) is 4.83. The summed E-state index contributed by atoms with van der Waals surface area (Å²) in [6.07, 6.45) is 0.146. The van der Waals surface area contributed by atoms with E-state index in [0.29, 0.717) is 16.5 Å². The summed E-state index contributed by atoms with van der Waals surface area (Å²) in [5.74, 6) is -0.295. The van der Waals surface area contributed by atoms with Gasteiger partial charge in [0.2, 0.25) is 5.91 Å². The molecule has 3 nitrogen and oxygen atoms in total. The van der Waals surface area contributed by atoms with Gasteiger partial charge in [-0.05, 0) is 55.2 Å². The van der Waals surface area contributed by atoms with Gasteiger partial charge in [-0.1, -0.05) is 54.4 Å². The van der Waals surface area contributed by atoms with Crippen LogP contribution in [0.1, 0.15) is 37.3 Å². The van der Waals surface area contributed by atoms with E-state index < -0.39 is 6.10 Å². The standard InChI is InChI=1S/C20H23Cl2NO2/c1-3-19(24)20(25)23-13(2)18(15-6-10-17(22)11-7-15)12-14-4-8-16(21)9-5-14/h4-11,13,18-19,24H,3,12H2,1-2H3,(H,23,25). The molecule has 0 aliphatic rings. The SMILES string of the molecule is CCC(O)C(=O)NC(C)C(Cc1ccc(Cl)cc1)c1ccc(Cl)cc1. The second kappa shape index (κ2) is 9.23. The second-order valence-corrected chi connectivity index (χ2v) is 7.08. The average Bonchev–Trinajstić information content (AvgIpc) is 2.61. The van der Waals surface area contributed by atoms with Crippen LogP contribution >= 0.6 is 23.2 Å². The summed E-state index contributed by atoms with van der Waals surface area (Å²) in [6.45, 7) is 3.73. The van der Waals surface area contributed by atoms with Gasteiger partial charge in [-0.2, -0.15) is 0 Å². The zero-order valence-electron chi connectivity index (χ0n) is 14.4. The second-order valence-electron chi connectivity index (χ2n) is 6.21. The number of carbonyl (C=O) groups excluding carboxylic acids is 1. The Labute approximate surface area is 159 Å². The highest BCUT2D eigenvalue weighted by Crippen LogP contribution is 2.26. The van der Waals surface area contributed by atoms with E-state index in [9.17, 15) is 9.90 Å². The van der Waals surface area contributed by atoms with E-state index in [1.165, 1.54) is 0 Å². The largest absolute Gasteiger partial charge is 0.383 e. The molecule has 25 heavy (non-hydrogen) atoms. The van der Waals surface area contributed by atoms with Crippen LogP contribution in [0.25, 0.3) is 0 Å². The van der Waals surface area contributed by atoms with Crippen LogP contribution in [0.15, 0.2) is 48.5 Å². The molecule has 1 amide bonds. The molecule has 0 heterocycles. The van der Waals surface area contributed by atoms with E-state index in [1.807, 2.05) is 55.5 Å². The molecule has 3 atom stereocenters. The Morgan fingerprint density at radius 1 is 1.04 bits per heavy atom. The molecule has 0 saturated carbocycles. The molecule has 0 bridgehead atoms. The van der Waals surface area contributed by atoms with Gasteiger partial charge in [0.25, 0.3) is 0 Å². The number of halogens is 2. The lowest BCUT2D eigenvalue weighted by molar-refractivity contribution is -0.130. The lowest BCUT2D eigenvalue weighted by Crippen LogP contribution is -2.43. The minimum Gasteiger partial charge on any atom is -0.383 e. The molecule has 0 aromatic heterocycles. The summed E-state index contributed by atoms with van der Waals surface area (Å²) in [4.78, 5) is 12.1. The first-order chi connectivity index (χ1) is 11.9. The molecule has 5 heteroatoms. The normalized spacial score (nSPS) is 14.6. The smallest absolute Gasteiger partial charge is 0.249 e. The maximum absolute atomic E-state index is 12.1. The van der Waals surface area contributed by atoms with E-state index in [-0.39, 0.29) is 17.9 Å². The van der Waals surface area contributed by atoms with Crippen molar-refractivity contribution in [3.63, 3.8) is 0 Å². The minimum absolute atomic E-state index is 0.0476. The van der Waals surface area contributed by atoms with Crippen molar-refractivity contribution in [2.24, 2.45) is 0 Å². The van der Waals surface area contributed by atoms with Crippen LogP contribution in [-0.4, -0.2) is 23.2 Å². The molecule has 0 spiro atoms. The Hall–Kier alpha value is -1.55. The van der Waals surface area contributed by atoms with Crippen molar-refractivity contribution in [1.82, 2.24) is 5.32 Å². The van der Waals surface area contributed by atoms with E-state index in [1.54, 1.807) is 6.92 Å². The number of rotatable bonds is 7. The van der Waals surface area contributed by atoms with E-state index in [2.05, 4.69) is 5.32 Å². The van der Waals surface area contributed by atoms with Crippen molar-refractivity contribution >= 4 is 29.1 Å². The number of benzene rings is 2. The van der Waals surface area contributed by atoms with Crippen LogP contribution in [0.4, 0.5) is 0 Å². The zero-order valence-corrected chi connectivity index (χ0v) is 15.9. The van der Waals surface area contributed by atoms with Crippen LogP contribution in [0, 0.1) is 0 Å². The molecule has 2 rings (SSSR count). The molecule has 134 valence electrons. The van der Waals surface area contributed by atoms with Crippen molar-refractivity contribution in [2.75, 3.05) is 0 Å². The number of hydrogen-bond donors (Lipinski definition) is 2. The van der Waals surface area contributed by atoms with Gasteiger partial charge in [0.15, 0.2) is 0 Å². The third kappa shape index (κ3) is 5.74. The predicted octanol–water partition coefficient (Wildman–Crippen LogP) is 4.60.